The third-order valence-corrected chi connectivity index (χ3v) is 10.5. The van der Waals surface area contributed by atoms with Crippen LogP contribution in [0, 0.1) is 11.8 Å². The summed E-state index contributed by atoms with van der Waals surface area (Å²) in [6.07, 6.45) is 13.3. The number of likely N-dealkylation sites (tertiary alicyclic amines) is 1. The van der Waals surface area contributed by atoms with E-state index in [9.17, 15) is 19.5 Å². The van der Waals surface area contributed by atoms with E-state index in [-0.39, 0.29) is 42.3 Å². The summed E-state index contributed by atoms with van der Waals surface area (Å²) >= 11 is 1.70. The highest BCUT2D eigenvalue weighted by atomic mass is 32.2. The van der Waals surface area contributed by atoms with Crippen LogP contribution >= 0.6 is 11.8 Å². The van der Waals surface area contributed by atoms with Gasteiger partial charge in [0, 0.05) is 31.0 Å². The molecule has 4 aliphatic rings. The molecule has 0 aromatic heterocycles. The van der Waals surface area contributed by atoms with Gasteiger partial charge in [0.15, 0.2) is 0 Å². The molecule has 2 unspecified atom stereocenters. The zero-order chi connectivity index (χ0) is 25.7. The Labute approximate surface area is 219 Å². The zero-order valence-corrected chi connectivity index (χ0v) is 22.3. The van der Waals surface area contributed by atoms with Crippen molar-refractivity contribution in [2.75, 3.05) is 26.3 Å². The molecular weight excluding hydrogens is 476 g/mol. The predicted octanol–water partition coefficient (Wildman–Crippen LogP) is 3.71. The molecule has 3 heterocycles. The summed E-state index contributed by atoms with van der Waals surface area (Å²) in [6, 6.07) is -0.388. The third kappa shape index (κ3) is 5.00. The van der Waals surface area contributed by atoms with E-state index in [0.717, 1.165) is 51.4 Å². The molecule has 8 heteroatoms. The number of carbonyl (C=O) groups is 3. The summed E-state index contributed by atoms with van der Waals surface area (Å²) in [4.78, 5) is 45.4. The second-order valence-electron chi connectivity index (χ2n) is 10.7. The van der Waals surface area contributed by atoms with Crippen LogP contribution in [0.3, 0.4) is 0 Å². The molecule has 1 spiro atoms. The molecule has 3 aliphatic heterocycles. The Morgan fingerprint density at radius 1 is 1.14 bits per heavy atom. The van der Waals surface area contributed by atoms with Gasteiger partial charge in [-0.25, -0.2) is 0 Å². The van der Waals surface area contributed by atoms with E-state index in [4.69, 9.17) is 4.74 Å². The summed E-state index contributed by atoms with van der Waals surface area (Å²) in [7, 11) is 0. The number of ether oxygens (including phenoxy) is 1. The van der Waals surface area contributed by atoms with Crippen LogP contribution < -0.4 is 0 Å². The fourth-order valence-electron chi connectivity index (χ4n) is 6.96. The van der Waals surface area contributed by atoms with Crippen LogP contribution in [0.4, 0.5) is 0 Å². The van der Waals surface area contributed by atoms with Crippen LogP contribution in [0.25, 0.3) is 0 Å². The Hall–Kier alpha value is -1.80. The number of thioether (sulfide) groups is 1. The molecule has 2 amide bonds. The van der Waals surface area contributed by atoms with E-state index in [1.54, 1.807) is 28.8 Å². The number of fused-ring (bicyclic) bond motifs is 1. The number of aliphatic hydroxyl groups is 1. The first kappa shape index (κ1) is 27.2. The molecule has 1 aliphatic carbocycles. The van der Waals surface area contributed by atoms with Crippen LogP contribution in [0.5, 0.6) is 0 Å². The molecule has 4 rings (SSSR count). The van der Waals surface area contributed by atoms with Crippen molar-refractivity contribution < 1.29 is 24.2 Å². The largest absolute Gasteiger partial charge is 0.465 e. The molecule has 2 bridgehead atoms. The van der Waals surface area contributed by atoms with Gasteiger partial charge in [0.05, 0.1) is 23.2 Å². The van der Waals surface area contributed by atoms with Gasteiger partial charge in [-0.15, -0.1) is 24.9 Å². The zero-order valence-electron chi connectivity index (χ0n) is 21.4. The summed E-state index contributed by atoms with van der Waals surface area (Å²) in [5.74, 6) is -1.37. The lowest BCUT2D eigenvalue weighted by atomic mass is 9.71. The summed E-state index contributed by atoms with van der Waals surface area (Å²) in [5, 5.41) is 9.23. The van der Waals surface area contributed by atoms with Crippen LogP contribution in [0.1, 0.15) is 70.6 Å². The van der Waals surface area contributed by atoms with Gasteiger partial charge in [-0.3, -0.25) is 14.4 Å². The summed E-state index contributed by atoms with van der Waals surface area (Å²) in [5.41, 5.74) is 0. The van der Waals surface area contributed by atoms with Gasteiger partial charge in [-0.1, -0.05) is 31.4 Å². The minimum absolute atomic E-state index is 0.0181. The molecule has 36 heavy (non-hydrogen) atoms. The second kappa shape index (κ2) is 12.2. The monoisotopic (exact) mass is 518 g/mol. The van der Waals surface area contributed by atoms with Gasteiger partial charge in [-0.05, 0) is 51.4 Å². The summed E-state index contributed by atoms with van der Waals surface area (Å²) in [6.45, 7) is 8.95. The fourth-order valence-corrected chi connectivity index (χ4v) is 9.16. The Morgan fingerprint density at radius 3 is 2.61 bits per heavy atom. The van der Waals surface area contributed by atoms with Crippen LogP contribution in [-0.4, -0.2) is 81.1 Å². The minimum Gasteiger partial charge on any atom is -0.465 e. The van der Waals surface area contributed by atoms with E-state index < -0.39 is 22.6 Å². The van der Waals surface area contributed by atoms with Crippen molar-refractivity contribution in [3.63, 3.8) is 0 Å². The molecular formula is C28H42N2O5S. The highest BCUT2D eigenvalue weighted by molar-refractivity contribution is 8.02. The number of hydrogen-bond donors (Lipinski definition) is 1. The van der Waals surface area contributed by atoms with Gasteiger partial charge in [0.2, 0.25) is 11.8 Å². The number of aliphatic hydroxyl groups excluding tert-OH is 1. The van der Waals surface area contributed by atoms with E-state index in [2.05, 4.69) is 13.2 Å². The Morgan fingerprint density at radius 2 is 1.92 bits per heavy atom. The third-order valence-electron chi connectivity index (χ3n) is 8.55. The Balaban J connectivity index is 1.64. The van der Waals surface area contributed by atoms with Crippen molar-refractivity contribution >= 4 is 29.5 Å². The van der Waals surface area contributed by atoms with E-state index in [1.165, 1.54) is 6.42 Å². The maximum absolute atomic E-state index is 14.4. The normalized spacial score (nSPS) is 31.4. The van der Waals surface area contributed by atoms with Gasteiger partial charge in [-0.2, -0.15) is 0 Å². The number of hydrogen-bond acceptors (Lipinski definition) is 6. The molecule has 3 saturated heterocycles. The SMILES string of the molecule is C=CCCOC(=O)[C@@H]1[C@H]2C(=O)N(CCCCCO)C(C(=O)N(CC=C)C3CCCCC3)C23CC[C@H]1S3. The van der Waals surface area contributed by atoms with Crippen molar-refractivity contribution in [3.8, 4) is 0 Å². The first-order valence-corrected chi connectivity index (χ1v) is 14.7. The van der Waals surface area contributed by atoms with Gasteiger partial charge < -0.3 is 19.6 Å². The number of esters is 1. The van der Waals surface area contributed by atoms with Crippen molar-refractivity contribution in [2.24, 2.45) is 11.8 Å². The van der Waals surface area contributed by atoms with Crippen LogP contribution in [0.15, 0.2) is 25.3 Å². The van der Waals surface area contributed by atoms with E-state index in [0.29, 0.717) is 25.9 Å². The van der Waals surface area contributed by atoms with E-state index >= 15 is 0 Å². The van der Waals surface area contributed by atoms with Crippen molar-refractivity contribution in [1.29, 1.82) is 0 Å². The molecule has 0 aromatic rings. The molecule has 1 N–H and O–H groups in total. The average Bonchev–Trinajstić information content (AvgIpc) is 3.53. The molecule has 7 nitrogen and oxygen atoms in total. The lowest BCUT2D eigenvalue weighted by Gasteiger charge is -2.41. The second-order valence-corrected chi connectivity index (χ2v) is 12.3. The molecule has 200 valence electrons. The number of amides is 2. The lowest BCUT2D eigenvalue weighted by molar-refractivity contribution is -0.154. The number of nitrogens with zero attached hydrogens (tertiary/aromatic N) is 2. The molecule has 5 atom stereocenters. The highest BCUT2D eigenvalue weighted by Gasteiger charge is 2.74. The van der Waals surface area contributed by atoms with Crippen molar-refractivity contribution in [1.82, 2.24) is 9.80 Å². The Kier molecular flexibility index (Phi) is 9.20. The maximum Gasteiger partial charge on any atom is 0.310 e. The first-order chi connectivity index (χ1) is 17.5. The molecule has 4 fully saturated rings. The summed E-state index contributed by atoms with van der Waals surface area (Å²) < 4.78 is 4.99. The van der Waals surface area contributed by atoms with Gasteiger partial charge in [0.1, 0.15) is 6.04 Å². The number of carbonyl (C=O) groups excluding carboxylic acids is 3. The van der Waals surface area contributed by atoms with Gasteiger partial charge in [0.25, 0.3) is 0 Å². The molecule has 0 radical (unpaired) electrons. The smallest absolute Gasteiger partial charge is 0.310 e. The van der Waals surface area contributed by atoms with Gasteiger partial charge >= 0.3 is 5.97 Å². The molecule has 1 saturated carbocycles. The van der Waals surface area contributed by atoms with E-state index in [1.807, 2.05) is 4.90 Å². The maximum atomic E-state index is 14.4. The highest BCUT2D eigenvalue weighted by Crippen LogP contribution is 2.66. The van der Waals surface area contributed by atoms with Crippen LogP contribution in [-0.2, 0) is 19.1 Å². The number of rotatable bonds is 13. The standard InChI is InChI=1S/C28H42N2O5S/c1-3-5-19-35-27(34)22-21-14-15-28(36-21)23(22)25(32)30(17-10-7-11-18-31)24(28)26(33)29(16-4-2)20-12-8-6-9-13-20/h3-4,20-24,31H,1-2,5-19H2/t21-,22+,23+,24?,28?/m1/s1. The number of unbranched alkanes of at least 4 members (excludes halogenated alkanes) is 2. The molecule has 0 aromatic carbocycles. The minimum atomic E-state index is -0.577. The fraction of sp³-hybridized carbons (Fsp3) is 0.750. The Bertz CT molecular complexity index is 844. The van der Waals surface area contributed by atoms with Crippen molar-refractivity contribution in [3.05, 3.63) is 25.3 Å². The topological polar surface area (TPSA) is 87.1 Å². The van der Waals surface area contributed by atoms with Crippen LogP contribution in [0.2, 0.25) is 0 Å². The lowest BCUT2D eigenvalue weighted by Crippen LogP contribution is -2.57. The average molecular weight is 519 g/mol. The predicted molar refractivity (Wildman–Crippen MR) is 141 cm³/mol. The first-order valence-electron chi connectivity index (χ1n) is 13.8. The quantitative estimate of drug-likeness (QED) is 0.227. The van der Waals surface area contributed by atoms with Crippen molar-refractivity contribution in [2.45, 2.75) is 92.7 Å².